The number of aliphatic carboxylic acids is 1. The maximum Gasteiger partial charge on any atom is 0.329 e. The van der Waals surface area contributed by atoms with E-state index in [9.17, 15) is 9.90 Å². The van der Waals surface area contributed by atoms with Crippen molar-refractivity contribution in [3.63, 3.8) is 0 Å². The summed E-state index contributed by atoms with van der Waals surface area (Å²) in [4.78, 5) is 13.9. The number of rotatable bonds is 6. The van der Waals surface area contributed by atoms with Gasteiger partial charge in [-0.1, -0.05) is 51.1 Å². The SMILES string of the molecule is CCCN(C)C(C(=O)O)(c1ccccc1)C(C)C. The number of hydrogen-bond acceptors (Lipinski definition) is 2. The van der Waals surface area contributed by atoms with Crippen LogP contribution in [0.1, 0.15) is 32.8 Å². The van der Waals surface area contributed by atoms with Crippen LogP contribution >= 0.6 is 0 Å². The molecule has 18 heavy (non-hydrogen) atoms. The van der Waals surface area contributed by atoms with Crippen LogP contribution in [-0.4, -0.2) is 29.6 Å². The van der Waals surface area contributed by atoms with E-state index in [1.54, 1.807) is 0 Å². The molecular formula is C15H23NO2. The van der Waals surface area contributed by atoms with Gasteiger partial charge in [0.05, 0.1) is 0 Å². The van der Waals surface area contributed by atoms with E-state index in [2.05, 4.69) is 6.92 Å². The van der Waals surface area contributed by atoms with E-state index in [1.807, 2.05) is 56.1 Å². The smallest absolute Gasteiger partial charge is 0.329 e. The highest BCUT2D eigenvalue weighted by atomic mass is 16.4. The summed E-state index contributed by atoms with van der Waals surface area (Å²) in [5.74, 6) is -0.784. The Morgan fingerprint density at radius 3 is 2.28 bits per heavy atom. The van der Waals surface area contributed by atoms with Crippen molar-refractivity contribution in [1.82, 2.24) is 4.90 Å². The molecule has 1 N–H and O–H groups in total. The van der Waals surface area contributed by atoms with Gasteiger partial charge >= 0.3 is 5.97 Å². The van der Waals surface area contributed by atoms with Crippen molar-refractivity contribution in [2.45, 2.75) is 32.7 Å². The molecule has 0 aromatic heterocycles. The molecule has 0 spiro atoms. The van der Waals surface area contributed by atoms with Crippen LogP contribution in [0.3, 0.4) is 0 Å². The zero-order chi connectivity index (χ0) is 13.8. The highest BCUT2D eigenvalue weighted by Crippen LogP contribution is 2.35. The average molecular weight is 249 g/mol. The average Bonchev–Trinajstić information content (AvgIpc) is 2.30. The van der Waals surface area contributed by atoms with Crippen molar-refractivity contribution in [3.8, 4) is 0 Å². The molecule has 1 aromatic rings. The lowest BCUT2D eigenvalue weighted by molar-refractivity contribution is -0.155. The van der Waals surface area contributed by atoms with Gasteiger partial charge in [0.15, 0.2) is 0 Å². The van der Waals surface area contributed by atoms with Crippen LogP contribution in [-0.2, 0) is 10.3 Å². The Morgan fingerprint density at radius 2 is 1.89 bits per heavy atom. The molecule has 0 amide bonds. The molecule has 0 aliphatic rings. The minimum atomic E-state index is -0.947. The Labute approximate surface area is 109 Å². The van der Waals surface area contributed by atoms with Crippen molar-refractivity contribution in [2.24, 2.45) is 5.92 Å². The summed E-state index contributed by atoms with van der Waals surface area (Å²) in [7, 11) is 1.89. The molecule has 1 unspecified atom stereocenters. The Kier molecular flexibility index (Phi) is 4.91. The largest absolute Gasteiger partial charge is 0.480 e. The number of carboxylic acid groups (broad SMARTS) is 1. The first-order chi connectivity index (χ1) is 8.47. The fourth-order valence-corrected chi connectivity index (χ4v) is 2.73. The third-order valence-electron chi connectivity index (χ3n) is 3.54. The monoisotopic (exact) mass is 249 g/mol. The second-order valence-electron chi connectivity index (χ2n) is 5.01. The molecule has 3 nitrogen and oxygen atoms in total. The standard InChI is InChI=1S/C15H23NO2/c1-5-11-16(4)15(12(2)3,14(17)18)13-9-7-6-8-10-13/h6-10,12H,5,11H2,1-4H3,(H,17,18). The van der Waals surface area contributed by atoms with E-state index in [0.29, 0.717) is 0 Å². The molecule has 0 radical (unpaired) electrons. The molecule has 0 bridgehead atoms. The second-order valence-corrected chi connectivity index (χ2v) is 5.01. The van der Waals surface area contributed by atoms with Crippen molar-refractivity contribution in [3.05, 3.63) is 35.9 Å². The van der Waals surface area contributed by atoms with Crippen molar-refractivity contribution >= 4 is 5.97 Å². The fourth-order valence-electron chi connectivity index (χ4n) is 2.73. The van der Waals surface area contributed by atoms with Gasteiger partial charge in [0.25, 0.3) is 0 Å². The predicted molar refractivity (Wildman–Crippen MR) is 73.5 cm³/mol. The van der Waals surface area contributed by atoms with Gasteiger partial charge in [0.2, 0.25) is 0 Å². The molecule has 0 aliphatic heterocycles. The molecule has 0 fully saturated rings. The van der Waals surface area contributed by atoms with Crippen molar-refractivity contribution in [1.29, 1.82) is 0 Å². The van der Waals surface area contributed by atoms with Crippen LogP contribution in [0, 0.1) is 5.92 Å². The van der Waals surface area contributed by atoms with Gasteiger partial charge in [-0.05, 0) is 31.5 Å². The number of carboxylic acids is 1. The van der Waals surface area contributed by atoms with E-state index in [4.69, 9.17) is 0 Å². The normalized spacial score (nSPS) is 14.8. The number of benzene rings is 1. The summed E-state index contributed by atoms with van der Waals surface area (Å²) in [5.41, 5.74) is -0.0967. The minimum Gasteiger partial charge on any atom is -0.480 e. The number of carbonyl (C=O) groups is 1. The summed E-state index contributed by atoms with van der Waals surface area (Å²) >= 11 is 0. The number of hydrogen-bond donors (Lipinski definition) is 1. The minimum absolute atomic E-state index is 0.00560. The molecule has 0 aliphatic carbocycles. The van der Waals surface area contributed by atoms with Crippen LogP contribution in [0.15, 0.2) is 30.3 Å². The van der Waals surface area contributed by atoms with Crippen LogP contribution < -0.4 is 0 Å². The first-order valence-corrected chi connectivity index (χ1v) is 6.48. The van der Waals surface area contributed by atoms with Gasteiger partial charge in [-0.3, -0.25) is 4.90 Å². The lowest BCUT2D eigenvalue weighted by Gasteiger charge is -2.42. The van der Waals surface area contributed by atoms with E-state index in [0.717, 1.165) is 18.5 Å². The Balaban J connectivity index is 3.36. The maximum absolute atomic E-state index is 11.9. The van der Waals surface area contributed by atoms with Gasteiger partial charge in [-0.15, -0.1) is 0 Å². The second kappa shape index (κ2) is 6.01. The molecule has 0 heterocycles. The fraction of sp³-hybridized carbons (Fsp3) is 0.533. The van der Waals surface area contributed by atoms with E-state index in [1.165, 1.54) is 0 Å². The summed E-state index contributed by atoms with van der Waals surface area (Å²) < 4.78 is 0. The zero-order valence-electron chi connectivity index (χ0n) is 11.7. The summed E-state index contributed by atoms with van der Waals surface area (Å²) in [6, 6.07) is 9.52. The van der Waals surface area contributed by atoms with Gasteiger partial charge in [-0.25, -0.2) is 4.79 Å². The van der Waals surface area contributed by atoms with Gasteiger partial charge < -0.3 is 5.11 Å². The molecule has 1 aromatic carbocycles. The van der Waals surface area contributed by atoms with Gasteiger partial charge in [0.1, 0.15) is 5.54 Å². The van der Waals surface area contributed by atoms with Crippen molar-refractivity contribution in [2.75, 3.05) is 13.6 Å². The first kappa shape index (κ1) is 14.7. The number of likely N-dealkylation sites (N-methyl/N-ethyl adjacent to an activating group) is 1. The van der Waals surface area contributed by atoms with Crippen LogP contribution in [0.2, 0.25) is 0 Å². The van der Waals surface area contributed by atoms with E-state index in [-0.39, 0.29) is 5.92 Å². The van der Waals surface area contributed by atoms with Crippen LogP contribution in [0.5, 0.6) is 0 Å². The molecule has 0 saturated carbocycles. The predicted octanol–water partition coefficient (Wildman–Crippen LogP) is 2.96. The quantitative estimate of drug-likeness (QED) is 0.842. The molecule has 1 rings (SSSR count). The van der Waals surface area contributed by atoms with Crippen molar-refractivity contribution < 1.29 is 9.90 Å². The van der Waals surface area contributed by atoms with E-state index >= 15 is 0 Å². The Hall–Kier alpha value is -1.35. The lowest BCUT2D eigenvalue weighted by Crippen LogP contribution is -2.54. The van der Waals surface area contributed by atoms with Gasteiger partial charge in [0, 0.05) is 0 Å². The Morgan fingerprint density at radius 1 is 1.33 bits per heavy atom. The summed E-state index contributed by atoms with van der Waals surface area (Å²) in [5, 5.41) is 9.80. The molecule has 0 saturated heterocycles. The molecule has 1 atom stereocenters. The third-order valence-corrected chi connectivity index (χ3v) is 3.54. The highest BCUT2D eigenvalue weighted by Gasteiger charge is 2.46. The summed E-state index contributed by atoms with van der Waals surface area (Å²) in [6.45, 7) is 6.76. The molecule has 3 heteroatoms. The van der Waals surface area contributed by atoms with Crippen LogP contribution in [0.4, 0.5) is 0 Å². The highest BCUT2D eigenvalue weighted by molar-refractivity contribution is 5.81. The van der Waals surface area contributed by atoms with Crippen LogP contribution in [0.25, 0.3) is 0 Å². The van der Waals surface area contributed by atoms with Gasteiger partial charge in [-0.2, -0.15) is 0 Å². The number of nitrogens with zero attached hydrogens (tertiary/aromatic N) is 1. The Bertz CT molecular complexity index is 389. The molecular weight excluding hydrogens is 226 g/mol. The first-order valence-electron chi connectivity index (χ1n) is 6.48. The lowest BCUT2D eigenvalue weighted by atomic mass is 9.78. The summed E-state index contributed by atoms with van der Waals surface area (Å²) in [6.07, 6.45) is 0.936. The maximum atomic E-state index is 11.9. The topological polar surface area (TPSA) is 40.5 Å². The molecule has 100 valence electrons. The zero-order valence-corrected chi connectivity index (χ0v) is 11.7. The van der Waals surface area contributed by atoms with E-state index < -0.39 is 11.5 Å². The third kappa shape index (κ3) is 2.41.